The summed E-state index contributed by atoms with van der Waals surface area (Å²) in [6.45, 7) is 0. The Hall–Kier alpha value is -0.750. The second-order valence-corrected chi connectivity index (χ2v) is 2.35. The van der Waals surface area contributed by atoms with Crippen LogP contribution in [0, 0.1) is 0 Å². The number of halogens is 1. The number of rotatable bonds is 2. The smallest absolute Gasteiger partial charge is 0.241 e. The number of anilines is 1. The highest BCUT2D eigenvalue weighted by atomic mass is 35.5. The Morgan fingerprint density at radius 1 is 1.80 bits per heavy atom. The molecule has 5 nitrogen and oxygen atoms in total. The highest BCUT2D eigenvalue weighted by Crippen LogP contribution is 2.03. The first kappa shape index (κ1) is 7.36. The minimum absolute atomic E-state index is 0.0838. The number of carbonyl (C=O) groups excluding carboxylic acids is 1. The van der Waals surface area contributed by atoms with Crippen LogP contribution in [-0.2, 0) is 4.79 Å². The molecule has 0 spiro atoms. The number of amides is 1. The van der Waals surface area contributed by atoms with Gasteiger partial charge in [-0.1, -0.05) is 9.59 Å². The van der Waals surface area contributed by atoms with Crippen LogP contribution in [0.3, 0.4) is 0 Å². The Balaban J connectivity index is 2.48. The van der Waals surface area contributed by atoms with Gasteiger partial charge in [0.1, 0.15) is 5.88 Å². The predicted molar refractivity (Wildman–Crippen MR) is 37.1 cm³/mol. The molecule has 0 radical (unpaired) electrons. The van der Waals surface area contributed by atoms with Gasteiger partial charge in [0.05, 0.1) is 0 Å². The molecule has 0 bridgehead atoms. The monoisotopic (exact) mass is 178 g/mol. The number of aromatic nitrogens is 3. The van der Waals surface area contributed by atoms with Gasteiger partial charge in [-0.15, -0.1) is 11.6 Å². The van der Waals surface area contributed by atoms with E-state index in [2.05, 4.69) is 20.1 Å². The molecule has 10 heavy (non-hydrogen) atoms. The standard InChI is InChI=1S/C3H3ClN4OS/c4-1-2(9)5-3-6-7-8-10-3/h1H2,(H,5,6,8,9). The van der Waals surface area contributed by atoms with E-state index in [0.717, 1.165) is 11.5 Å². The summed E-state index contributed by atoms with van der Waals surface area (Å²) in [6, 6.07) is 0. The first-order chi connectivity index (χ1) is 4.83. The molecule has 7 heteroatoms. The zero-order chi connectivity index (χ0) is 7.40. The lowest BCUT2D eigenvalue weighted by molar-refractivity contribution is -0.113. The molecule has 54 valence electrons. The van der Waals surface area contributed by atoms with Crippen molar-refractivity contribution in [3.63, 3.8) is 0 Å². The van der Waals surface area contributed by atoms with E-state index >= 15 is 0 Å². The van der Waals surface area contributed by atoms with Gasteiger partial charge in [-0.25, -0.2) is 0 Å². The molecule has 0 aromatic carbocycles. The van der Waals surface area contributed by atoms with Gasteiger partial charge in [0.2, 0.25) is 11.0 Å². The molecular formula is C3H3ClN4OS. The second kappa shape index (κ2) is 3.43. The van der Waals surface area contributed by atoms with Crippen molar-refractivity contribution in [1.82, 2.24) is 14.8 Å². The largest absolute Gasteiger partial charge is 0.298 e. The molecule has 0 saturated carbocycles. The first-order valence-electron chi connectivity index (χ1n) is 2.34. The molecule has 0 saturated heterocycles. The van der Waals surface area contributed by atoms with Crippen LogP contribution in [0.4, 0.5) is 5.13 Å². The van der Waals surface area contributed by atoms with Gasteiger partial charge in [0.15, 0.2) is 0 Å². The van der Waals surface area contributed by atoms with Crippen LogP contribution in [0.25, 0.3) is 0 Å². The Morgan fingerprint density at radius 3 is 3.10 bits per heavy atom. The summed E-state index contributed by atoms with van der Waals surface area (Å²) in [6.07, 6.45) is 0. The lowest BCUT2D eigenvalue weighted by Gasteiger charge is -1.91. The van der Waals surface area contributed by atoms with E-state index in [1.807, 2.05) is 0 Å². The lowest BCUT2D eigenvalue weighted by atomic mass is 10.7. The lowest BCUT2D eigenvalue weighted by Crippen LogP contribution is -2.12. The van der Waals surface area contributed by atoms with Crippen LogP contribution in [0.2, 0.25) is 0 Å². The van der Waals surface area contributed by atoms with Crippen LogP contribution >= 0.6 is 23.1 Å². The fourth-order valence-electron chi connectivity index (χ4n) is 0.335. The van der Waals surface area contributed by atoms with Gasteiger partial charge < -0.3 is 0 Å². The molecule has 0 aliphatic rings. The molecule has 1 N–H and O–H groups in total. The predicted octanol–water partition coefficient (Wildman–Crippen LogP) is 0.110. The number of alkyl halides is 1. The van der Waals surface area contributed by atoms with E-state index in [4.69, 9.17) is 11.6 Å². The fourth-order valence-corrected chi connectivity index (χ4v) is 0.784. The van der Waals surface area contributed by atoms with Crippen LogP contribution in [0.15, 0.2) is 0 Å². The third-order valence-corrected chi connectivity index (χ3v) is 1.42. The third-order valence-electron chi connectivity index (χ3n) is 0.667. The molecule has 0 atom stereocenters. The van der Waals surface area contributed by atoms with E-state index in [0.29, 0.717) is 5.13 Å². The van der Waals surface area contributed by atoms with Crippen molar-refractivity contribution in [3.8, 4) is 0 Å². The van der Waals surface area contributed by atoms with Gasteiger partial charge in [-0.2, -0.15) is 0 Å². The minimum atomic E-state index is -0.305. The summed E-state index contributed by atoms with van der Waals surface area (Å²) >= 11 is 6.20. The summed E-state index contributed by atoms with van der Waals surface area (Å²) in [7, 11) is 0. The third kappa shape index (κ3) is 1.89. The summed E-state index contributed by atoms with van der Waals surface area (Å²) in [4.78, 5) is 10.5. The van der Waals surface area contributed by atoms with Crippen molar-refractivity contribution in [1.29, 1.82) is 0 Å². The van der Waals surface area contributed by atoms with Crippen LogP contribution in [0.1, 0.15) is 0 Å². The normalized spacial score (nSPS) is 9.30. The van der Waals surface area contributed by atoms with Gasteiger partial charge >= 0.3 is 0 Å². The quantitative estimate of drug-likeness (QED) is 0.653. The molecule has 1 aromatic rings. The van der Waals surface area contributed by atoms with Crippen molar-refractivity contribution < 1.29 is 4.79 Å². The Morgan fingerprint density at radius 2 is 2.60 bits per heavy atom. The average Bonchev–Trinajstić information content (AvgIpc) is 2.40. The minimum Gasteiger partial charge on any atom is -0.298 e. The van der Waals surface area contributed by atoms with Gasteiger partial charge in [-0.05, 0) is 5.21 Å². The Labute approximate surface area is 65.6 Å². The summed E-state index contributed by atoms with van der Waals surface area (Å²) in [5.74, 6) is -0.389. The zero-order valence-electron chi connectivity index (χ0n) is 4.74. The first-order valence-corrected chi connectivity index (χ1v) is 3.64. The molecular weight excluding hydrogens is 176 g/mol. The molecule has 0 unspecified atom stereocenters. The zero-order valence-corrected chi connectivity index (χ0v) is 6.32. The van der Waals surface area contributed by atoms with Crippen LogP contribution in [0.5, 0.6) is 0 Å². The molecule has 1 rings (SSSR count). The van der Waals surface area contributed by atoms with Crippen molar-refractivity contribution >= 4 is 34.2 Å². The molecule has 1 amide bonds. The van der Waals surface area contributed by atoms with Crippen molar-refractivity contribution in [3.05, 3.63) is 0 Å². The maximum atomic E-state index is 10.5. The number of hydrogen-bond donors (Lipinski definition) is 1. The second-order valence-electron chi connectivity index (χ2n) is 1.35. The van der Waals surface area contributed by atoms with E-state index in [-0.39, 0.29) is 11.8 Å². The molecule has 0 fully saturated rings. The van der Waals surface area contributed by atoms with E-state index < -0.39 is 0 Å². The molecule has 1 aromatic heterocycles. The van der Waals surface area contributed by atoms with E-state index in [1.165, 1.54) is 0 Å². The Kier molecular flexibility index (Phi) is 2.52. The maximum Gasteiger partial charge on any atom is 0.241 e. The van der Waals surface area contributed by atoms with Crippen molar-refractivity contribution in [2.75, 3.05) is 11.2 Å². The number of carbonyl (C=O) groups is 1. The highest BCUT2D eigenvalue weighted by Gasteiger charge is 2.01. The van der Waals surface area contributed by atoms with Crippen molar-refractivity contribution in [2.45, 2.75) is 0 Å². The van der Waals surface area contributed by atoms with Gasteiger partial charge in [0, 0.05) is 11.5 Å². The molecule has 1 heterocycles. The number of nitrogens with one attached hydrogen (secondary N) is 1. The number of nitrogens with zero attached hydrogens (tertiary/aromatic N) is 3. The van der Waals surface area contributed by atoms with Crippen LogP contribution in [-0.4, -0.2) is 26.6 Å². The summed E-state index contributed by atoms with van der Waals surface area (Å²) in [5.41, 5.74) is 0. The molecule has 0 aliphatic carbocycles. The maximum absolute atomic E-state index is 10.5. The highest BCUT2D eigenvalue weighted by molar-refractivity contribution is 7.09. The van der Waals surface area contributed by atoms with E-state index in [9.17, 15) is 4.79 Å². The fraction of sp³-hybridized carbons (Fsp3) is 0.333. The van der Waals surface area contributed by atoms with E-state index in [1.54, 1.807) is 0 Å². The SMILES string of the molecule is O=C(CCl)Nc1nnns1. The van der Waals surface area contributed by atoms with Crippen LogP contribution < -0.4 is 5.32 Å². The average molecular weight is 179 g/mol. The summed E-state index contributed by atoms with van der Waals surface area (Å²) < 4.78 is 3.43. The summed E-state index contributed by atoms with van der Waals surface area (Å²) in [5, 5.41) is 9.49. The number of hydrogen-bond acceptors (Lipinski definition) is 5. The van der Waals surface area contributed by atoms with Gasteiger partial charge in [-0.3, -0.25) is 10.1 Å². The Bertz CT molecular complexity index is 212. The molecule has 0 aliphatic heterocycles. The topological polar surface area (TPSA) is 67.8 Å². The van der Waals surface area contributed by atoms with Crippen molar-refractivity contribution in [2.24, 2.45) is 0 Å². The van der Waals surface area contributed by atoms with Gasteiger partial charge in [0.25, 0.3) is 0 Å².